The zero-order valence-corrected chi connectivity index (χ0v) is 16.1. The minimum absolute atomic E-state index is 0.0909. The number of imide groups is 1. The molecule has 0 bridgehead atoms. The third-order valence-corrected chi connectivity index (χ3v) is 6.36. The minimum atomic E-state index is -0.768. The Hall–Kier alpha value is -2.70. The van der Waals surface area contributed by atoms with Crippen LogP contribution >= 0.6 is 0 Å². The van der Waals surface area contributed by atoms with E-state index in [2.05, 4.69) is 0 Å². The Balaban J connectivity index is 1.48. The molecule has 3 fully saturated rings. The Morgan fingerprint density at radius 3 is 2.29 bits per heavy atom. The largest absolute Gasteiger partial charge is 0.327 e. The van der Waals surface area contributed by atoms with E-state index in [0.29, 0.717) is 31.4 Å². The summed E-state index contributed by atoms with van der Waals surface area (Å²) in [7, 11) is 1.66. The van der Waals surface area contributed by atoms with Crippen LogP contribution in [0.4, 0.5) is 10.5 Å². The number of hydrogen-bond donors (Lipinski definition) is 0. The maximum Gasteiger partial charge on any atom is 0.327 e. The fraction of sp³-hybridized carbons (Fsp3) is 0.524. The number of Topliss-reactive ketones (excluding diaryl/α,β-unsaturated/α-hetero) is 1. The number of carbonyl (C=O) groups excluding carboxylic acids is 4. The summed E-state index contributed by atoms with van der Waals surface area (Å²) in [6.45, 7) is 0.447. The minimum Gasteiger partial charge on any atom is -0.313 e. The second kappa shape index (κ2) is 7.04. The molecule has 3 aliphatic rings. The van der Waals surface area contributed by atoms with Crippen molar-refractivity contribution in [2.45, 2.75) is 50.5 Å². The van der Waals surface area contributed by atoms with Crippen LogP contribution in [-0.4, -0.2) is 59.1 Å². The van der Waals surface area contributed by atoms with Gasteiger partial charge in [0.25, 0.3) is 5.91 Å². The quantitative estimate of drug-likeness (QED) is 0.591. The molecule has 0 N–H and O–H groups in total. The summed E-state index contributed by atoms with van der Waals surface area (Å²) in [6, 6.07) is 6.43. The molecule has 2 heterocycles. The van der Waals surface area contributed by atoms with Crippen LogP contribution in [0.1, 0.15) is 55.3 Å². The summed E-state index contributed by atoms with van der Waals surface area (Å²) < 4.78 is 0. The lowest BCUT2D eigenvalue weighted by Crippen LogP contribution is -2.49. The molecule has 1 aromatic carbocycles. The zero-order chi connectivity index (χ0) is 19.9. The molecule has 0 unspecified atom stereocenters. The molecule has 2 saturated heterocycles. The van der Waals surface area contributed by atoms with E-state index >= 15 is 0 Å². The Bertz CT molecular complexity index is 827. The summed E-state index contributed by atoms with van der Waals surface area (Å²) in [5, 5.41) is 0. The van der Waals surface area contributed by atoms with Crippen LogP contribution in [0.15, 0.2) is 24.3 Å². The van der Waals surface area contributed by atoms with Gasteiger partial charge in [-0.3, -0.25) is 19.3 Å². The van der Waals surface area contributed by atoms with Gasteiger partial charge in [0.05, 0.1) is 6.54 Å². The summed E-state index contributed by atoms with van der Waals surface area (Å²) in [4.78, 5) is 54.6. The number of nitrogens with zero attached hydrogens (tertiary/aromatic N) is 3. The summed E-state index contributed by atoms with van der Waals surface area (Å²) in [6.07, 6.45) is 5.63. The van der Waals surface area contributed by atoms with E-state index in [-0.39, 0.29) is 30.2 Å². The van der Waals surface area contributed by atoms with Crippen LogP contribution in [0, 0.1) is 0 Å². The first-order valence-corrected chi connectivity index (χ1v) is 9.97. The molecular formula is C21H25N3O4. The predicted molar refractivity (Wildman–Crippen MR) is 103 cm³/mol. The molecule has 4 rings (SSSR count). The van der Waals surface area contributed by atoms with Crippen molar-refractivity contribution in [2.75, 3.05) is 25.0 Å². The smallest absolute Gasteiger partial charge is 0.313 e. The first kappa shape index (κ1) is 18.7. The van der Waals surface area contributed by atoms with Crippen molar-refractivity contribution < 1.29 is 19.2 Å². The van der Waals surface area contributed by atoms with Gasteiger partial charge in [0.1, 0.15) is 5.54 Å². The number of amides is 4. The standard InChI is InChI=1S/C21H25N3O4/c1-22-20(28)24(19(27)21(22)11-3-2-4-12-21)14-17(25)15-7-9-16(10-8-15)23-13-5-6-18(23)26/h7-10H,2-6,11-14H2,1H3. The van der Waals surface area contributed by atoms with Gasteiger partial charge in [0.2, 0.25) is 5.91 Å². The Morgan fingerprint density at radius 2 is 1.68 bits per heavy atom. The van der Waals surface area contributed by atoms with Crippen molar-refractivity contribution in [3.05, 3.63) is 29.8 Å². The topological polar surface area (TPSA) is 78.0 Å². The van der Waals surface area contributed by atoms with Crippen LogP contribution in [0.2, 0.25) is 0 Å². The van der Waals surface area contributed by atoms with Crippen molar-refractivity contribution in [3.63, 3.8) is 0 Å². The fourth-order valence-corrected chi connectivity index (χ4v) is 4.65. The Labute approximate surface area is 164 Å². The fourth-order valence-electron chi connectivity index (χ4n) is 4.65. The lowest BCUT2D eigenvalue weighted by molar-refractivity contribution is -0.134. The number of anilines is 1. The van der Waals surface area contributed by atoms with Crippen LogP contribution in [0.25, 0.3) is 0 Å². The summed E-state index contributed by atoms with van der Waals surface area (Å²) in [5.74, 6) is -0.428. The lowest BCUT2D eigenvalue weighted by atomic mass is 9.80. The number of ketones is 1. The van der Waals surface area contributed by atoms with E-state index in [4.69, 9.17) is 0 Å². The molecule has 1 aromatic rings. The first-order valence-electron chi connectivity index (χ1n) is 9.97. The summed E-state index contributed by atoms with van der Waals surface area (Å²) in [5.41, 5.74) is 0.437. The SMILES string of the molecule is CN1C(=O)N(CC(=O)c2ccc(N3CCCC3=O)cc2)C(=O)C12CCCCC2. The molecule has 2 aliphatic heterocycles. The van der Waals surface area contributed by atoms with E-state index in [1.54, 1.807) is 36.2 Å². The third kappa shape index (κ3) is 2.89. The molecule has 7 nitrogen and oxygen atoms in total. The molecular weight excluding hydrogens is 358 g/mol. The summed E-state index contributed by atoms with van der Waals surface area (Å²) >= 11 is 0. The number of rotatable bonds is 4. The molecule has 0 aromatic heterocycles. The average molecular weight is 383 g/mol. The number of carbonyl (C=O) groups is 4. The van der Waals surface area contributed by atoms with Gasteiger partial charge in [-0.1, -0.05) is 19.3 Å². The van der Waals surface area contributed by atoms with Crippen molar-refractivity contribution in [3.8, 4) is 0 Å². The molecule has 1 saturated carbocycles. The van der Waals surface area contributed by atoms with Crippen molar-refractivity contribution in [1.29, 1.82) is 0 Å². The van der Waals surface area contributed by atoms with Gasteiger partial charge < -0.3 is 9.80 Å². The Kier molecular flexibility index (Phi) is 4.69. The zero-order valence-electron chi connectivity index (χ0n) is 16.1. The van der Waals surface area contributed by atoms with E-state index in [1.165, 1.54) is 4.90 Å². The van der Waals surface area contributed by atoms with Crippen molar-refractivity contribution in [1.82, 2.24) is 9.80 Å². The van der Waals surface area contributed by atoms with Gasteiger partial charge in [-0.25, -0.2) is 4.79 Å². The highest BCUT2D eigenvalue weighted by molar-refractivity contribution is 6.11. The molecule has 0 radical (unpaired) electrons. The number of urea groups is 1. The van der Waals surface area contributed by atoms with Gasteiger partial charge in [-0.2, -0.15) is 0 Å². The van der Waals surface area contributed by atoms with Gasteiger partial charge in [0.15, 0.2) is 5.78 Å². The molecule has 148 valence electrons. The molecule has 28 heavy (non-hydrogen) atoms. The van der Waals surface area contributed by atoms with E-state index in [1.807, 2.05) is 0 Å². The normalized spacial score (nSPS) is 21.9. The molecule has 7 heteroatoms. The van der Waals surface area contributed by atoms with Crippen molar-refractivity contribution >= 4 is 29.3 Å². The monoisotopic (exact) mass is 383 g/mol. The highest BCUT2D eigenvalue weighted by atomic mass is 16.2. The van der Waals surface area contributed by atoms with E-state index in [9.17, 15) is 19.2 Å². The highest BCUT2D eigenvalue weighted by Crippen LogP contribution is 2.39. The second-order valence-corrected chi connectivity index (χ2v) is 7.94. The van der Waals surface area contributed by atoms with Crippen molar-refractivity contribution in [2.24, 2.45) is 0 Å². The van der Waals surface area contributed by atoms with Crippen LogP contribution < -0.4 is 4.90 Å². The first-order chi connectivity index (χ1) is 13.4. The van der Waals surface area contributed by atoms with Gasteiger partial charge >= 0.3 is 6.03 Å². The number of likely N-dealkylation sites (N-methyl/N-ethyl adjacent to an activating group) is 1. The second-order valence-electron chi connectivity index (χ2n) is 7.94. The van der Waals surface area contributed by atoms with Gasteiger partial charge in [-0.05, 0) is 43.5 Å². The predicted octanol–water partition coefficient (Wildman–Crippen LogP) is 2.59. The van der Waals surface area contributed by atoms with Gasteiger partial charge in [-0.15, -0.1) is 0 Å². The average Bonchev–Trinajstić information content (AvgIpc) is 3.22. The highest BCUT2D eigenvalue weighted by Gasteiger charge is 2.55. The van der Waals surface area contributed by atoms with E-state index < -0.39 is 5.54 Å². The van der Waals surface area contributed by atoms with E-state index in [0.717, 1.165) is 36.3 Å². The molecule has 1 spiro atoms. The Morgan fingerprint density at radius 1 is 1.00 bits per heavy atom. The van der Waals surface area contributed by atoms with Crippen LogP contribution in [0.3, 0.4) is 0 Å². The maximum absolute atomic E-state index is 13.0. The number of benzene rings is 1. The lowest BCUT2D eigenvalue weighted by Gasteiger charge is -2.35. The van der Waals surface area contributed by atoms with Crippen LogP contribution in [-0.2, 0) is 9.59 Å². The molecule has 0 atom stereocenters. The third-order valence-electron chi connectivity index (χ3n) is 6.36. The molecule has 1 aliphatic carbocycles. The number of hydrogen-bond acceptors (Lipinski definition) is 4. The molecule has 4 amide bonds. The van der Waals surface area contributed by atoms with Crippen LogP contribution in [0.5, 0.6) is 0 Å². The maximum atomic E-state index is 13.0. The van der Waals surface area contributed by atoms with Gasteiger partial charge in [0, 0.05) is 31.3 Å².